The van der Waals surface area contributed by atoms with E-state index in [0.717, 1.165) is 24.8 Å². The van der Waals surface area contributed by atoms with Crippen molar-refractivity contribution in [1.29, 1.82) is 0 Å². The van der Waals surface area contributed by atoms with E-state index in [1.165, 1.54) is 0 Å². The number of carbonyl (C=O) groups excluding carboxylic acids is 3. The standard InChI is InChI=1S/C20H30N4O4/c1-3-28-20(27)11-14(2)23-18(25)13-24(16-7-8-16)19(26)6-4-5-15-9-10-22-17(21)12-15/h9-10,12,14,16H,3-8,11,13H2,1-2H3,(H2,21,22)(H,23,25)/t14-/m1/s1. The van der Waals surface area contributed by atoms with Crippen LogP contribution in [-0.2, 0) is 25.5 Å². The SMILES string of the molecule is CCOC(=O)C[C@@H](C)NC(=O)CN(C(=O)CCCc1ccnc(N)c1)C1CC1. The van der Waals surface area contributed by atoms with E-state index >= 15 is 0 Å². The number of esters is 1. The maximum Gasteiger partial charge on any atom is 0.307 e. The van der Waals surface area contributed by atoms with Gasteiger partial charge in [0.15, 0.2) is 0 Å². The first-order valence-electron chi connectivity index (χ1n) is 9.84. The van der Waals surface area contributed by atoms with Crippen molar-refractivity contribution < 1.29 is 19.1 Å². The molecular formula is C20H30N4O4. The van der Waals surface area contributed by atoms with E-state index in [9.17, 15) is 14.4 Å². The Morgan fingerprint density at radius 3 is 2.79 bits per heavy atom. The number of nitrogen functional groups attached to an aromatic ring is 1. The number of ether oxygens (including phenoxy) is 1. The number of aryl methyl sites for hydroxylation is 1. The fourth-order valence-electron chi connectivity index (χ4n) is 3.04. The first-order chi connectivity index (χ1) is 13.4. The summed E-state index contributed by atoms with van der Waals surface area (Å²) in [5, 5.41) is 2.77. The molecule has 1 atom stereocenters. The van der Waals surface area contributed by atoms with Crippen LogP contribution in [0, 0.1) is 0 Å². The first kappa shape index (κ1) is 21.7. The second-order valence-electron chi connectivity index (χ2n) is 7.17. The van der Waals surface area contributed by atoms with Crippen LogP contribution in [0.25, 0.3) is 0 Å². The van der Waals surface area contributed by atoms with Crippen molar-refractivity contribution in [1.82, 2.24) is 15.2 Å². The number of amides is 2. The molecule has 0 bridgehead atoms. The second-order valence-corrected chi connectivity index (χ2v) is 7.17. The van der Waals surface area contributed by atoms with Gasteiger partial charge in [-0.3, -0.25) is 14.4 Å². The smallest absolute Gasteiger partial charge is 0.307 e. The summed E-state index contributed by atoms with van der Waals surface area (Å²) in [6.07, 6.45) is 5.43. The average Bonchev–Trinajstić information content (AvgIpc) is 3.44. The molecule has 0 aliphatic heterocycles. The van der Waals surface area contributed by atoms with Gasteiger partial charge in [-0.15, -0.1) is 0 Å². The van der Waals surface area contributed by atoms with Crippen LogP contribution in [0.2, 0.25) is 0 Å². The van der Waals surface area contributed by atoms with Gasteiger partial charge in [-0.1, -0.05) is 0 Å². The minimum Gasteiger partial charge on any atom is -0.466 e. The van der Waals surface area contributed by atoms with Gasteiger partial charge in [0.05, 0.1) is 19.6 Å². The topological polar surface area (TPSA) is 115 Å². The average molecular weight is 390 g/mol. The molecule has 1 aromatic heterocycles. The molecule has 8 heteroatoms. The summed E-state index contributed by atoms with van der Waals surface area (Å²) in [6.45, 7) is 3.83. The highest BCUT2D eigenvalue weighted by Crippen LogP contribution is 2.27. The van der Waals surface area contributed by atoms with Crippen molar-refractivity contribution in [3.05, 3.63) is 23.9 Å². The monoisotopic (exact) mass is 390 g/mol. The molecule has 2 rings (SSSR count). The summed E-state index contributed by atoms with van der Waals surface area (Å²) in [6, 6.07) is 3.51. The fourth-order valence-corrected chi connectivity index (χ4v) is 3.04. The van der Waals surface area contributed by atoms with E-state index < -0.39 is 0 Å². The quantitative estimate of drug-likeness (QED) is 0.553. The Kier molecular flexibility index (Phi) is 8.22. The second kappa shape index (κ2) is 10.6. The predicted octanol–water partition coefficient (Wildman–Crippen LogP) is 1.44. The number of nitrogens with two attached hydrogens (primary N) is 1. The molecule has 1 aliphatic rings. The van der Waals surface area contributed by atoms with Gasteiger partial charge >= 0.3 is 5.97 Å². The van der Waals surface area contributed by atoms with Crippen LogP contribution >= 0.6 is 0 Å². The molecule has 2 amide bonds. The van der Waals surface area contributed by atoms with Crippen molar-refractivity contribution in [2.24, 2.45) is 0 Å². The summed E-state index contributed by atoms with van der Waals surface area (Å²) in [4.78, 5) is 42.0. The van der Waals surface area contributed by atoms with Gasteiger partial charge in [0.2, 0.25) is 11.8 Å². The van der Waals surface area contributed by atoms with Crippen LogP contribution in [0.1, 0.15) is 51.5 Å². The number of nitrogens with one attached hydrogen (secondary N) is 1. The Morgan fingerprint density at radius 1 is 1.39 bits per heavy atom. The number of nitrogens with zero attached hydrogens (tertiary/aromatic N) is 2. The lowest BCUT2D eigenvalue weighted by Crippen LogP contribution is -2.45. The lowest BCUT2D eigenvalue weighted by molar-refractivity contribution is -0.144. The molecule has 154 valence electrons. The van der Waals surface area contributed by atoms with E-state index in [4.69, 9.17) is 10.5 Å². The van der Waals surface area contributed by atoms with Crippen LogP contribution < -0.4 is 11.1 Å². The zero-order valence-corrected chi connectivity index (χ0v) is 16.6. The molecule has 28 heavy (non-hydrogen) atoms. The summed E-state index contributed by atoms with van der Waals surface area (Å²) in [5.41, 5.74) is 6.71. The molecule has 0 unspecified atom stereocenters. The molecule has 3 N–H and O–H groups in total. The summed E-state index contributed by atoms with van der Waals surface area (Å²) >= 11 is 0. The molecule has 8 nitrogen and oxygen atoms in total. The Morgan fingerprint density at radius 2 is 2.14 bits per heavy atom. The predicted molar refractivity (Wildman–Crippen MR) is 105 cm³/mol. The molecule has 0 radical (unpaired) electrons. The Labute approximate surface area is 165 Å². The van der Waals surface area contributed by atoms with Crippen molar-refractivity contribution in [2.75, 3.05) is 18.9 Å². The van der Waals surface area contributed by atoms with E-state index in [1.54, 1.807) is 24.9 Å². The van der Waals surface area contributed by atoms with Gasteiger partial charge in [-0.05, 0) is 57.2 Å². The number of hydrogen-bond donors (Lipinski definition) is 2. The maximum atomic E-state index is 12.6. The van der Waals surface area contributed by atoms with Gasteiger partial charge < -0.3 is 20.7 Å². The van der Waals surface area contributed by atoms with Gasteiger partial charge in [0, 0.05) is 24.7 Å². The number of anilines is 1. The highest BCUT2D eigenvalue weighted by atomic mass is 16.5. The van der Waals surface area contributed by atoms with E-state index in [2.05, 4.69) is 10.3 Å². The van der Waals surface area contributed by atoms with E-state index in [0.29, 0.717) is 25.3 Å². The first-order valence-corrected chi connectivity index (χ1v) is 9.84. The highest BCUT2D eigenvalue weighted by Gasteiger charge is 2.33. The highest BCUT2D eigenvalue weighted by molar-refractivity contribution is 5.85. The number of aromatic nitrogens is 1. The third-order valence-corrected chi connectivity index (χ3v) is 4.51. The molecule has 1 aromatic rings. The van der Waals surface area contributed by atoms with Crippen molar-refractivity contribution in [3.8, 4) is 0 Å². The van der Waals surface area contributed by atoms with E-state index in [-0.39, 0.29) is 42.8 Å². The number of pyridine rings is 1. The normalized spacial score (nSPS) is 14.2. The molecule has 1 aliphatic carbocycles. The fraction of sp³-hybridized carbons (Fsp3) is 0.600. The lowest BCUT2D eigenvalue weighted by atomic mass is 10.1. The molecule has 0 spiro atoms. The number of hydrogen-bond acceptors (Lipinski definition) is 6. The summed E-state index contributed by atoms with van der Waals surface area (Å²) < 4.78 is 4.88. The molecule has 1 saturated carbocycles. The maximum absolute atomic E-state index is 12.6. The third-order valence-electron chi connectivity index (χ3n) is 4.51. The molecule has 0 aromatic carbocycles. The Bertz CT molecular complexity index is 691. The Hall–Kier alpha value is -2.64. The lowest BCUT2D eigenvalue weighted by Gasteiger charge is -2.23. The van der Waals surface area contributed by atoms with Gasteiger partial charge in [0.1, 0.15) is 5.82 Å². The van der Waals surface area contributed by atoms with Crippen LogP contribution in [0.4, 0.5) is 5.82 Å². The molecule has 1 fully saturated rings. The summed E-state index contributed by atoms with van der Waals surface area (Å²) in [5.74, 6) is -0.143. The van der Waals surface area contributed by atoms with Crippen molar-refractivity contribution in [2.45, 2.75) is 64.5 Å². The van der Waals surface area contributed by atoms with Crippen molar-refractivity contribution in [3.63, 3.8) is 0 Å². The van der Waals surface area contributed by atoms with Gasteiger partial charge in [-0.2, -0.15) is 0 Å². The van der Waals surface area contributed by atoms with Crippen LogP contribution in [0.3, 0.4) is 0 Å². The van der Waals surface area contributed by atoms with Crippen LogP contribution in [-0.4, -0.2) is 52.9 Å². The van der Waals surface area contributed by atoms with Gasteiger partial charge in [-0.25, -0.2) is 4.98 Å². The zero-order chi connectivity index (χ0) is 20.5. The number of carbonyl (C=O) groups is 3. The van der Waals surface area contributed by atoms with Crippen LogP contribution in [0.5, 0.6) is 0 Å². The van der Waals surface area contributed by atoms with E-state index in [1.807, 2.05) is 12.1 Å². The molecular weight excluding hydrogens is 360 g/mol. The number of rotatable bonds is 11. The molecule has 0 saturated heterocycles. The minimum atomic E-state index is -0.345. The van der Waals surface area contributed by atoms with Gasteiger partial charge in [0.25, 0.3) is 0 Å². The van der Waals surface area contributed by atoms with Crippen LogP contribution in [0.15, 0.2) is 18.3 Å². The Balaban J connectivity index is 1.77. The largest absolute Gasteiger partial charge is 0.466 e. The zero-order valence-electron chi connectivity index (χ0n) is 16.6. The minimum absolute atomic E-state index is 0.0160. The summed E-state index contributed by atoms with van der Waals surface area (Å²) in [7, 11) is 0. The van der Waals surface area contributed by atoms with Crippen molar-refractivity contribution >= 4 is 23.6 Å². The molecule has 1 heterocycles. The third kappa shape index (κ3) is 7.54.